The van der Waals surface area contributed by atoms with Gasteiger partial charge in [0.1, 0.15) is 16.4 Å². The van der Waals surface area contributed by atoms with Gasteiger partial charge in [-0.1, -0.05) is 6.07 Å². The molecule has 3 aromatic rings. The average Bonchev–Trinajstić information content (AvgIpc) is 2.74. The highest BCUT2D eigenvalue weighted by Crippen LogP contribution is 2.36. The zero-order valence-electron chi connectivity index (χ0n) is 12.0. The fourth-order valence-electron chi connectivity index (χ4n) is 2.13. The number of nitriles is 1. The Hall–Kier alpha value is -2.45. The third-order valence-electron chi connectivity index (χ3n) is 3.28. The monoisotopic (exact) mass is 295 g/mol. The summed E-state index contributed by atoms with van der Waals surface area (Å²) in [4.78, 5) is 11.0. The van der Waals surface area contributed by atoms with Crippen LogP contribution in [0.25, 0.3) is 10.2 Å². The van der Waals surface area contributed by atoms with Gasteiger partial charge >= 0.3 is 0 Å². The molecule has 4 nitrogen and oxygen atoms in total. The van der Waals surface area contributed by atoms with Gasteiger partial charge in [0.05, 0.1) is 17.0 Å². The number of rotatable bonds is 2. The Bertz CT molecular complexity index is 877. The molecule has 0 spiro atoms. The number of hydrogen-bond donors (Lipinski definition) is 0. The molecule has 0 saturated heterocycles. The van der Waals surface area contributed by atoms with Crippen LogP contribution in [0.2, 0.25) is 0 Å². The van der Waals surface area contributed by atoms with E-state index in [0.717, 1.165) is 15.8 Å². The van der Waals surface area contributed by atoms with Crippen molar-refractivity contribution in [3.8, 4) is 17.7 Å². The highest BCUT2D eigenvalue weighted by Gasteiger charge is 2.15. The van der Waals surface area contributed by atoms with Crippen molar-refractivity contribution >= 4 is 21.6 Å². The molecular formula is C16H13N3OS. The molecule has 0 aliphatic heterocycles. The molecule has 0 atom stereocenters. The van der Waals surface area contributed by atoms with Crippen LogP contribution in [0.4, 0.5) is 0 Å². The van der Waals surface area contributed by atoms with E-state index in [1.54, 1.807) is 29.5 Å². The zero-order valence-corrected chi connectivity index (χ0v) is 12.8. The van der Waals surface area contributed by atoms with Crippen LogP contribution in [0.5, 0.6) is 11.6 Å². The Morgan fingerprint density at radius 2 is 2.00 bits per heavy atom. The number of ether oxygens (including phenoxy) is 1. The van der Waals surface area contributed by atoms with Crippen molar-refractivity contribution in [2.75, 3.05) is 0 Å². The fourth-order valence-corrected chi connectivity index (χ4v) is 3.19. The molecule has 0 amide bonds. The Kier molecular flexibility index (Phi) is 3.32. The van der Waals surface area contributed by atoms with E-state index < -0.39 is 0 Å². The number of thiophene rings is 1. The Labute approximate surface area is 126 Å². The van der Waals surface area contributed by atoms with Crippen LogP contribution in [0.15, 0.2) is 24.3 Å². The average molecular weight is 295 g/mol. The van der Waals surface area contributed by atoms with Gasteiger partial charge in [0.15, 0.2) is 0 Å². The molecule has 5 heteroatoms. The van der Waals surface area contributed by atoms with Crippen LogP contribution in [-0.2, 0) is 0 Å². The van der Waals surface area contributed by atoms with Gasteiger partial charge in [0.2, 0.25) is 5.88 Å². The molecule has 0 aliphatic carbocycles. The van der Waals surface area contributed by atoms with Crippen LogP contribution in [0.1, 0.15) is 21.8 Å². The first-order valence-corrected chi connectivity index (χ1v) is 7.32. The number of benzene rings is 1. The summed E-state index contributed by atoms with van der Waals surface area (Å²) in [6.45, 7) is 5.96. The van der Waals surface area contributed by atoms with Gasteiger partial charge in [-0.3, -0.25) is 0 Å². The molecule has 21 heavy (non-hydrogen) atoms. The van der Waals surface area contributed by atoms with Crippen molar-refractivity contribution in [1.82, 2.24) is 9.97 Å². The van der Waals surface area contributed by atoms with Crippen LogP contribution >= 0.6 is 11.3 Å². The van der Waals surface area contributed by atoms with Crippen LogP contribution in [-0.4, -0.2) is 9.97 Å². The summed E-state index contributed by atoms with van der Waals surface area (Å²) < 4.78 is 5.91. The molecular weight excluding hydrogens is 282 g/mol. The molecule has 0 fully saturated rings. The first-order valence-electron chi connectivity index (χ1n) is 6.51. The van der Waals surface area contributed by atoms with Crippen molar-refractivity contribution in [3.05, 3.63) is 46.1 Å². The molecule has 0 bridgehead atoms. The summed E-state index contributed by atoms with van der Waals surface area (Å²) in [5.41, 5.74) is 1.70. The maximum atomic E-state index is 8.96. The molecule has 3 rings (SSSR count). The minimum Gasteiger partial charge on any atom is -0.438 e. The number of hydrogen-bond acceptors (Lipinski definition) is 5. The van der Waals surface area contributed by atoms with E-state index >= 15 is 0 Å². The zero-order chi connectivity index (χ0) is 15.0. The van der Waals surface area contributed by atoms with Gasteiger partial charge in [0, 0.05) is 4.88 Å². The predicted molar refractivity (Wildman–Crippen MR) is 82.9 cm³/mol. The summed E-state index contributed by atoms with van der Waals surface area (Å²) in [5, 5.41) is 9.91. The van der Waals surface area contributed by atoms with Crippen LogP contribution in [0.3, 0.4) is 0 Å². The summed E-state index contributed by atoms with van der Waals surface area (Å²) in [7, 11) is 0. The summed E-state index contributed by atoms with van der Waals surface area (Å²) in [6.07, 6.45) is 0. The lowest BCUT2D eigenvalue weighted by molar-refractivity contribution is 0.466. The van der Waals surface area contributed by atoms with Crippen LogP contribution in [0, 0.1) is 32.1 Å². The van der Waals surface area contributed by atoms with Crippen molar-refractivity contribution < 1.29 is 4.74 Å². The predicted octanol–water partition coefficient (Wildman–Crippen LogP) is 4.28. The Morgan fingerprint density at radius 3 is 2.76 bits per heavy atom. The third-order valence-corrected chi connectivity index (χ3v) is 4.39. The number of aryl methyl sites for hydroxylation is 3. The molecule has 0 unspecified atom stereocenters. The second kappa shape index (κ2) is 5.15. The van der Waals surface area contributed by atoms with Gasteiger partial charge in [0.25, 0.3) is 0 Å². The van der Waals surface area contributed by atoms with E-state index in [2.05, 4.69) is 23.0 Å². The minimum atomic E-state index is 0.550. The van der Waals surface area contributed by atoms with E-state index in [4.69, 9.17) is 10.00 Å². The van der Waals surface area contributed by atoms with E-state index in [-0.39, 0.29) is 0 Å². The first kappa shape index (κ1) is 13.5. The standard InChI is InChI=1S/C16H13N3OS/c1-9-10(2)21-16-14(9)15(18-11(3)19-16)20-13-6-4-5-12(7-13)8-17/h4-7H,1-3H3. The number of fused-ring (bicyclic) bond motifs is 1. The van der Waals surface area contributed by atoms with Crippen molar-refractivity contribution in [2.45, 2.75) is 20.8 Å². The maximum Gasteiger partial charge on any atom is 0.231 e. The molecule has 0 aliphatic rings. The maximum absolute atomic E-state index is 8.96. The third kappa shape index (κ3) is 2.46. The van der Waals surface area contributed by atoms with Gasteiger partial charge in [-0.15, -0.1) is 11.3 Å². The Morgan fingerprint density at radius 1 is 1.19 bits per heavy atom. The largest absolute Gasteiger partial charge is 0.438 e. The van der Waals surface area contributed by atoms with Crippen molar-refractivity contribution in [1.29, 1.82) is 5.26 Å². The van der Waals surface area contributed by atoms with E-state index in [9.17, 15) is 0 Å². The highest BCUT2D eigenvalue weighted by atomic mass is 32.1. The molecule has 2 aromatic heterocycles. The molecule has 0 N–H and O–H groups in total. The van der Waals surface area contributed by atoms with Gasteiger partial charge < -0.3 is 4.74 Å². The first-order chi connectivity index (χ1) is 10.1. The lowest BCUT2D eigenvalue weighted by Gasteiger charge is -2.07. The van der Waals surface area contributed by atoms with Crippen molar-refractivity contribution in [2.24, 2.45) is 0 Å². The molecule has 1 aromatic carbocycles. The fraction of sp³-hybridized carbons (Fsp3) is 0.188. The lowest BCUT2D eigenvalue weighted by Crippen LogP contribution is -1.94. The smallest absolute Gasteiger partial charge is 0.231 e. The number of nitrogens with zero attached hydrogens (tertiary/aromatic N) is 3. The second-order valence-electron chi connectivity index (χ2n) is 4.78. The molecule has 0 saturated carbocycles. The van der Waals surface area contributed by atoms with Gasteiger partial charge in [-0.2, -0.15) is 10.2 Å². The SMILES string of the molecule is Cc1nc(Oc2cccc(C#N)c2)c2c(C)c(C)sc2n1. The number of aromatic nitrogens is 2. The quantitative estimate of drug-likeness (QED) is 0.708. The van der Waals surface area contributed by atoms with E-state index in [0.29, 0.717) is 23.0 Å². The van der Waals surface area contributed by atoms with Crippen LogP contribution < -0.4 is 4.74 Å². The summed E-state index contributed by atoms with van der Waals surface area (Å²) >= 11 is 1.64. The Balaban J connectivity index is 2.13. The van der Waals surface area contributed by atoms with E-state index in [1.807, 2.05) is 19.9 Å². The van der Waals surface area contributed by atoms with Crippen molar-refractivity contribution in [3.63, 3.8) is 0 Å². The minimum absolute atomic E-state index is 0.550. The van der Waals surface area contributed by atoms with Gasteiger partial charge in [-0.05, 0) is 44.5 Å². The lowest BCUT2D eigenvalue weighted by atomic mass is 10.2. The normalized spacial score (nSPS) is 10.6. The second-order valence-corrected chi connectivity index (χ2v) is 5.98. The molecule has 104 valence electrons. The van der Waals surface area contributed by atoms with Gasteiger partial charge in [-0.25, -0.2) is 4.98 Å². The highest BCUT2D eigenvalue weighted by molar-refractivity contribution is 7.18. The van der Waals surface area contributed by atoms with E-state index in [1.165, 1.54) is 4.88 Å². The molecule has 0 radical (unpaired) electrons. The topological polar surface area (TPSA) is 58.8 Å². The summed E-state index contributed by atoms with van der Waals surface area (Å²) in [6, 6.07) is 9.17. The summed E-state index contributed by atoms with van der Waals surface area (Å²) in [5.74, 6) is 1.83. The molecule has 2 heterocycles.